The SMILES string of the molecule is COc1ccc(C(=O)CC(C)C(C)(C)C)cc1OC. The molecule has 0 saturated carbocycles. The Hall–Kier alpha value is -1.51. The number of carbonyl (C=O) groups excluding carboxylic acids is 1. The zero-order chi connectivity index (χ0) is 14.6. The van der Waals surface area contributed by atoms with Crippen molar-refractivity contribution in [1.29, 1.82) is 0 Å². The monoisotopic (exact) mass is 264 g/mol. The number of hydrogen-bond acceptors (Lipinski definition) is 3. The molecule has 0 aromatic heterocycles. The van der Waals surface area contributed by atoms with E-state index in [1.807, 2.05) is 0 Å². The molecule has 0 amide bonds. The summed E-state index contributed by atoms with van der Waals surface area (Å²) in [5, 5.41) is 0. The largest absolute Gasteiger partial charge is 0.493 e. The molecule has 0 aliphatic carbocycles. The number of benzene rings is 1. The predicted molar refractivity (Wildman–Crippen MR) is 77.1 cm³/mol. The number of ether oxygens (including phenoxy) is 2. The number of carbonyl (C=O) groups is 1. The summed E-state index contributed by atoms with van der Waals surface area (Å²) in [5.74, 6) is 1.70. The van der Waals surface area contributed by atoms with Gasteiger partial charge < -0.3 is 9.47 Å². The maximum Gasteiger partial charge on any atom is 0.163 e. The van der Waals surface area contributed by atoms with Crippen LogP contribution >= 0.6 is 0 Å². The predicted octanol–water partition coefficient (Wildman–Crippen LogP) is 3.96. The van der Waals surface area contributed by atoms with Crippen molar-refractivity contribution in [1.82, 2.24) is 0 Å². The van der Waals surface area contributed by atoms with Crippen LogP contribution < -0.4 is 9.47 Å². The van der Waals surface area contributed by atoms with Gasteiger partial charge in [-0.1, -0.05) is 27.7 Å². The molecule has 0 saturated heterocycles. The van der Waals surface area contributed by atoms with Crippen LogP contribution in [0.5, 0.6) is 11.5 Å². The van der Waals surface area contributed by atoms with Gasteiger partial charge in [0.2, 0.25) is 0 Å². The van der Waals surface area contributed by atoms with E-state index in [0.29, 0.717) is 29.4 Å². The van der Waals surface area contributed by atoms with Gasteiger partial charge in [0.05, 0.1) is 14.2 Å². The van der Waals surface area contributed by atoms with Gasteiger partial charge in [0, 0.05) is 12.0 Å². The fourth-order valence-electron chi connectivity index (χ4n) is 1.71. The van der Waals surface area contributed by atoms with Crippen molar-refractivity contribution in [3.8, 4) is 11.5 Å². The molecule has 0 spiro atoms. The Morgan fingerprint density at radius 1 is 1.16 bits per heavy atom. The van der Waals surface area contributed by atoms with E-state index < -0.39 is 0 Å². The average Bonchev–Trinajstić information content (AvgIpc) is 2.36. The minimum Gasteiger partial charge on any atom is -0.493 e. The average molecular weight is 264 g/mol. The van der Waals surface area contributed by atoms with E-state index in [1.54, 1.807) is 32.4 Å². The van der Waals surface area contributed by atoms with E-state index in [4.69, 9.17) is 9.47 Å². The summed E-state index contributed by atoms with van der Waals surface area (Å²) in [6, 6.07) is 5.31. The van der Waals surface area contributed by atoms with Gasteiger partial charge in [-0.3, -0.25) is 4.79 Å². The first kappa shape index (κ1) is 15.5. The number of Topliss-reactive ketones (excluding diaryl/α,β-unsaturated/α-hetero) is 1. The van der Waals surface area contributed by atoms with Crippen molar-refractivity contribution in [2.24, 2.45) is 11.3 Å². The lowest BCUT2D eigenvalue weighted by Crippen LogP contribution is -2.20. The summed E-state index contributed by atoms with van der Waals surface area (Å²) in [5.41, 5.74) is 0.806. The van der Waals surface area contributed by atoms with Gasteiger partial charge >= 0.3 is 0 Å². The zero-order valence-corrected chi connectivity index (χ0v) is 12.7. The van der Waals surface area contributed by atoms with Crippen molar-refractivity contribution in [2.45, 2.75) is 34.1 Å². The van der Waals surface area contributed by atoms with Crippen LogP contribution in [0.3, 0.4) is 0 Å². The maximum absolute atomic E-state index is 12.3. The molecule has 0 aliphatic rings. The van der Waals surface area contributed by atoms with Crippen molar-refractivity contribution in [3.63, 3.8) is 0 Å². The molecular weight excluding hydrogens is 240 g/mol. The van der Waals surface area contributed by atoms with Crippen molar-refractivity contribution >= 4 is 5.78 Å². The molecular formula is C16H24O3. The van der Waals surface area contributed by atoms with E-state index in [0.717, 1.165) is 0 Å². The molecule has 1 atom stereocenters. The van der Waals surface area contributed by atoms with Crippen LogP contribution in [0.2, 0.25) is 0 Å². The van der Waals surface area contributed by atoms with Crippen LogP contribution in [0.1, 0.15) is 44.5 Å². The molecule has 0 radical (unpaired) electrons. The number of hydrogen-bond donors (Lipinski definition) is 0. The van der Waals surface area contributed by atoms with Crippen LogP contribution in [0.4, 0.5) is 0 Å². The fraction of sp³-hybridized carbons (Fsp3) is 0.562. The fourth-order valence-corrected chi connectivity index (χ4v) is 1.71. The highest BCUT2D eigenvalue weighted by atomic mass is 16.5. The smallest absolute Gasteiger partial charge is 0.163 e. The Morgan fingerprint density at radius 2 is 1.74 bits per heavy atom. The second-order valence-electron chi connectivity index (χ2n) is 5.96. The number of methoxy groups -OCH3 is 2. The van der Waals surface area contributed by atoms with Gasteiger partial charge in [-0.2, -0.15) is 0 Å². The van der Waals surface area contributed by atoms with E-state index >= 15 is 0 Å². The van der Waals surface area contributed by atoms with Crippen LogP contribution in [-0.2, 0) is 0 Å². The second-order valence-corrected chi connectivity index (χ2v) is 5.96. The first-order chi connectivity index (χ1) is 8.79. The van der Waals surface area contributed by atoms with Crippen molar-refractivity contribution < 1.29 is 14.3 Å². The second kappa shape index (κ2) is 6.09. The Morgan fingerprint density at radius 3 is 2.21 bits per heavy atom. The van der Waals surface area contributed by atoms with Crippen molar-refractivity contribution in [2.75, 3.05) is 14.2 Å². The topological polar surface area (TPSA) is 35.5 Å². The van der Waals surface area contributed by atoms with Crippen LogP contribution in [0.15, 0.2) is 18.2 Å². The summed E-state index contributed by atoms with van der Waals surface area (Å²) < 4.78 is 10.4. The Balaban J connectivity index is 2.89. The highest BCUT2D eigenvalue weighted by Crippen LogP contribution is 2.31. The normalized spacial score (nSPS) is 12.9. The summed E-state index contributed by atoms with van der Waals surface area (Å²) in [6.45, 7) is 8.57. The molecule has 19 heavy (non-hydrogen) atoms. The Bertz CT molecular complexity index is 444. The molecule has 0 fully saturated rings. The lowest BCUT2D eigenvalue weighted by molar-refractivity contribution is 0.0927. The molecule has 0 N–H and O–H groups in total. The standard InChI is InChI=1S/C16H24O3/c1-11(16(2,3)4)9-13(17)12-7-8-14(18-5)15(10-12)19-6/h7-8,10-11H,9H2,1-6H3. The first-order valence-electron chi connectivity index (χ1n) is 6.54. The molecule has 1 aromatic carbocycles. The third-order valence-corrected chi connectivity index (χ3v) is 3.68. The summed E-state index contributed by atoms with van der Waals surface area (Å²) in [4.78, 5) is 12.3. The van der Waals surface area contributed by atoms with Gasteiger partial charge in [-0.15, -0.1) is 0 Å². The third kappa shape index (κ3) is 3.98. The highest BCUT2D eigenvalue weighted by molar-refractivity contribution is 5.96. The van der Waals surface area contributed by atoms with E-state index in [1.165, 1.54) is 0 Å². The van der Waals surface area contributed by atoms with Crippen molar-refractivity contribution in [3.05, 3.63) is 23.8 Å². The minimum absolute atomic E-state index is 0.131. The highest BCUT2D eigenvalue weighted by Gasteiger charge is 2.23. The maximum atomic E-state index is 12.3. The van der Waals surface area contributed by atoms with Gasteiger partial charge in [-0.25, -0.2) is 0 Å². The van der Waals surface area contributed by atoms with Gasteiger partial charge in [-0.05, 0) is 29.5 Å². The summed E-state index contributed by atoms with van der Waals surface area (Å²) in [7, 11) is 3.16. The number of ketones is 1. The molecule has 3 heteroatoms. The molecule has 1 aromatic rings. The number of rotatable bonds is 5. The Kier molecular flexibility index (Phi) is 4.98. The van der Waals surface area contributed by atoms with E-state index in [9.17, 15) is 4.79 Å². The Labute approximate surface area is 115 Å². The molecule has 0 bridgehead atoms. The molecule has 3 nitrogen and oxygen atoms in total. The summed E-state index contributed by atoms with van der Waals surface area (Å²) in [6.07, 6.45) is 0.541. The molecule has 0 aliphatic heterocycles. The summed E-state index contributed by atoms with van der Waals surface area (Å²) >= 11 is 0. The van der Waals surface area contributed by atoms with Crippen LogP contribution in [0.25, 0.3) is 0 Å². The molecule has 0 heterocycles. The zero-order valence-electron chi connectivity index (χ0n) is 12.7. The molecule has 106 valence electrons. The minimum atomic E-state index is 0.131. The van der Waals surface area contributed by atoms with Gasteiger partial charge in [0.1, 0.15) is 0 Å². The lowest BCUT2D eigenvalue weighted by atomic mass is 9.78. The molecule has 1 unspecified atom stereocenters. The third-order valence-electron chi connectivity index (χ3n) is 3.68. The quantitative estimate of drug-likeness (QED) is 0.755. The first-order valence-corrected chi connectivity index (χ1v) is 6.54. The van der Waals surface area contributed by atoms with E-state index in [-0.39, 0.29) is 11.2 Å². The van der Waals surface area contributed by atoms with Gasteiger partial charge in [0.15, 0.2) is 17.3 Å². The molecule has 1 rings (SSSR count). The van der Waals surface area contributed by atoms with E-state index in [2.05, 4.69) is 27.7 Å². The van der Waals surface area contributed by atoms with Crippen LogP contribution in [-0.4, -0.2) is 20.0 Å². The van der Waals surface area contributed by atoms with Gasteiger partial charge in [0.25, 0.3) is 0 Å². The van der Waals surface area contributed by atoms with Crippen LogP contribution in [0, 0.1) is 11.3 Å². The lowest BCUT2D eigenvalue weighted by Gasteiger charge is -2.26.